The Labute approximate surface area is 222 Å². The summed E-state index contributed by atoms with van der Waals surface area (Å²) in [5.74, 6) is -0.183. The summed E-state index contributed by atoms with van der Waals surface area (Å²) in [5.41, 5.74) is 2.07. The minimum absolute atomic E-state index is 0.0117. The summed E-state index contributed by atoms with van der Waals surface area (Å²) in [6.07, 6.45) is 0.536. The molecule has 198 valence electrons. The quantitative estimate of drug-likeness (QED) is 0.170. The molecule has 0 unspecified atom stereocenters. The van der Waals surface area contributed by atoms with Crippen LogP contribution in [0.4, 0.5) is 0 Å². The molecular weight excluding hydrogens is 486 g/mol. The van der Waals surface area contributed by atoms with E-state index in [1.165, 1.54) is 19.1 Å². The van der Waals surface area contributed by atoms with Gasteiger partial charge in [-0.05, 0) is 47.9 Å². The van der Waals surface area contributed by atoms with E-state index in [4.69, 9.17) is 18.9 Å². The van der Waals surface area contributed by atoms with E-state index in [9.17, 15) is 14.7 Å². The second-order valence-corrected chi connectivity index (χ2v) is 8.75. The van der Waals surface area contributed by atoms with E-state index in [-0.39, 0.29) is 17.9 Å². The van der Waals surface area contributed by atoms with Crippen LogP contribution < -0.4 is 14.2 Å². The lowest BCUT2D eigenvalue weighted by Crippen LogP contribution is -2.31. The zero-order chi connectivity index (χ0) is 27.1. The molecule has 8 heteroatoms. The number of aliphatic hydroxyl groups is 1. The second-order valence-electron chi connectivity index (χ2n) is 8.75. The molecule has 1 heterocycles. The number of hydrogen-bond acceptors (Lipinski definition) is 7. The molecule has 1 aliphatic heterocycles. The number of aliphatic hydroxyl groups excluding tert-OH is 1. The van der Waals surface area contributed by atoms with Crippen molar-refractivity contribution in [2.45, 2.75) is 19.1 Å². The first-order valence-electron chi connectivity index (χ1n) is 12.2. The summed E-state index contributed by atoms with van der Waals surface area (Å²) >= 11 is 0. The number of Topliss-reactive ketones (excluding diaryl/α,β-unsaturated/α-hetero) is 1. The van der Waals surface area contributed by atoms with Gasteiger partial charge in [0, 0.05) is 25.8 Å². The van der Waals surface area contributed by atoms with E-state index in [1.807, 2.05) is 42.5 Å². The molecule has 8 nitrogen and oxygen atoms in total. The van der Waals surface area contributed by atoms with Gasteiger partial charge in [0.05, 0.1) is 25.8 Å². The van der Waals surface area contributed by atoms with Crippen LogP contribution in [0.5, 0.6) is 17.2 Å². The first-order chi connectivity index (χ1) is 18.5. The smallest absolute Gasteiger partial charge is 0.295 e. The van der Waals surface area contributed by atoms with Crippen molar-refractivity contribution in [2.75, 3.05) is 34.5 Å². The minimum Gasteiger partial charge on any atom is -0.507 e. The largest absolute Gasteiger partial charge is 0.507 e. The molecule has 1 fully saturated rings. The molecule has 0 spiro atoms. The number of ketones is 1. The molecule has 0 aromatic heterocycles. The normalized spacial score (nSPS) is 16.5. The molecule has 1 N–H and O–H groups in total. The predicted molar refractivity (Wildman–Crippen MR) is 142 cm³/mol. The van der Waals surface area contributed by atoms with Crippen molar-refractivity contribution in [3.8, 4) is 17.2 Å². The van der Waals surface area contributed by atoms with Gasteiger partial charge in [-0.3, -0.25) is 9.59 Å². The van der Waals surface area contributed by atoms with Crippen molar-refractivity contribution in [1.82, 2.24) is 4.90 Å². The molecular formula is C30H31NO7. The highest BCUT2D eigenvalue weighted by molar-refractivity contribution is 6.46. The molecule has 0 aliphatic carbocycles. The summed E-state index contributed by atoms with van der Waals surface area (Å²) in [6.45, 7) is 1.13. The summed E-state index contributed by atoms with van der Waals surface area (Å²) in [5, 5.41) is 11.3. The van der Waals surface area contributed by atoms with Gasteiger partial charge in [0.1, 0.15) is 18.1 Å². The second kappa shape index (κ2) is 12.3. The summed E-state index contributed by atoms with van der Waals surface area (Å²) in [4.78, 5) is 27.8. The Balaban J connectivity index is 1.70. The maximum absolute atomic E-state index is 13.2. The van der Waals surface area contributed by atoms with Gasteiger partial charge in [-0.1, -0.05) is 42.5 Å². The molecule has 4 rings (SSSR count). The maximum Gasteiger partial charge on any atom is 0.295 e. The highest BCUT2D eigenvalue weighted by Crippen LogP contribution is 2.41. The standard InChI is InChI=1S/C30H31NO7/c1-35-17-7-16-31-27(21-10-13-23(14-11-21)38-19-20-8-5-4-6-9-20)26(29(33)30(31)34)28(32)22-12-15-24(36-2)25(18-22)37-3/h4-6,8-15,18,27,32H,7,16-17,19H2,1-3H3/t27-/m1/s1. The third-order valence-electron chi connectivity index (χ3n) is 6.39. The minimum atomic E-state index is -0.775. The third-order valence-corrected chi connectivity index (χ3v) is 6.39. The highest BCUT2D eigenvalue weighted by atomic mass is 16.5. The number of amides is 1. The van der Waals surface area contributed by atoms with E-state index in [0.717, 1.165) is 5.56 Å². The Kier molecular flexibility index (Phi) is 8.66. The molecule has 3 aromatic rings. The Morgan fingerprint density at radius 2 is 1.61 bits per heavy atom. The van der Waals surface area contributed by atoms with Gasteiger partial charge in [-0.25, -0.2) is 0 Å². The molecule has 1 saturated heterocycles. The average Bonchev–Trinajstić information content (AvgIpc) is 3.21. The lowest BCUT2D eigenvalue weighted by molar-refractivity contribution is -0.140. The van der Waals surface area contributed by atoms with Gasteiger partial charge < -0.3 is 29.0 Å². The van der Waals surface area contributed by atoms with E-state index < -0.39 is 17.7 Å². The molecule has 38 heavy (non-hydrogen) atoms. The lowest BCUT2D eigenvalue weighted by Gasteiger charge is -2.25. The number of hydrogen-bond donors (Lipinski definition) is 1. The van der Waals surface area contributed by atoms with Gasteiger partial charge in [0.25, 0.3) is 11.7 Å². The number of benzene rings is 3. The molecule has 1 atom stereocenters. The highest BCUT2D eigenvalue weighted by Gasteiger charge is 2.45. The first-order valence-corrected chi connectivity index (χ1v) is 12.2. The number of likely N-dealkylation sites (tertiary alicyclic amines) is 1. The van der Waals surface area contributed by atoms with Crippen LogP contribution >= 0.6 is 0 Å². The van der Waals surface area contributed by atoms with Crippen molar-refractivity contribution in [2.24, 2.45) is 0 Å². The molecule has 1 aliphatic rings. The zero-order valence-corrected chi connectivity index (χ0v) is 21.7. The molecule has 0 radical (unpaired) electrons. The predicted octanol–water partition coefficient (Wildman–Crippen LogP) is 4.74. The number of rotatable bonds is 11. The third kappa shape index (κ3) is 5.65. The van der Waals surface area contributed by atoms with Crippen LogP contribution in [0.3, 0.4) is 0 Å². The van der Waals surface area contributed by atoms with Crippen LogP contribution in [0.2, 0.25) is 0 Å². The Bertz CT molecular complexity index is 1300. The van der Waals surface area contributed by atoms with Crippen LogP contribution in [0.1, 0.15) is 29.2 Å². The fourth-order valence-corrected chi connectivity index (χ4v) is 4.46. The van der Waals surface area contributed by atoms with Crippen molar-refractivity contribution >= 4 is 17.4 Å². The fraction of sp³-hybridized carbons (Fsp3) is 0.267. The van der Waals surface area contributed by atoms with Gasteiger partial charge in [-0.2, -0.15) is 0 Å². The van der Waals surface area contributed by atoms with Crippen LogP contribution in [-0.2, 0) is 20.9 Å². The van der Waals surface area contributed by atoms with E-state index in [1.54, 1.807) is 37.4 Å². The summed E-state index contributed by atoms with van der Waals surface area (Å²) in [7, 11) is 4.57. The van der Waals surface area contributed by atoms with E-state index >= 15 is 0 Å². The average molecular weight is 518 g/mol. The molecule has 0 bridgehead atoms. The fourth-order valence-electron chi connectivity index (χ4n) is 4.46. The molecule has 1 amide bonds. The zero-order valence-electron chi connectivity index (χ0n) is 21.7. The number of ether oxygens (including phenoxy) is 4. The van der Waals surface area contributed by atoms with E-state index in [2.05, 4.69) is 0 Å². The number of carbonyl (C=O) groups is 2. The maximum atomic E-state index is 13.2. The van der Waals surface area contributed by atoms with Crippen molar-refractivity contribution < 1.29 is 33.6 Å². The number of nitrogens with zero attached hydrogens (tertiary/aromatic N) is 1. The van der Waals surface area contributed by atoms with E-state index in [0.29, 0.717) is 48.0 Å². The number of methoxy groups -OCH3 is 3. The Hall–Kier alpha value is -4.30. The SMILES string of the molecule is COCCCN1C(=O)C(=O)C(=C(O)c2ccc(OC)c(OC)c2)[C@H]1c1ccc(OCc2ccccc2)cc1. The topological polar surface area (TPSA) is 94.5 Å². The summed E-state index contributed by atoms with van der Waals surface area (Å²) < 4.78 is 21.7. The van der Waals surface area contributed by atoms with Crippen LogP contribution in [-0.4, -0.2) is 56.2 Å². The van der Waals surface area contributed by atoms with Gasteiger partial charge >= 0.3 is 0 Å². The summed E-state index contributed by atoms with van der Waals surface area (Å²) in [6, 6.07) is 21.1. The Morgan fingerprint density at radius 3 is 2.26 bits per heavy atom. The van der Waals surface area contributed by atoms with Crippen molar-refractivity contribution in [1.29, 1.82) is 0 Å². The van der Waals surface area contributed by atoms with Gasteiger partial charge in [0.15, 0.2) is 11.5 Å². The monoisotopic (exact) mass is 517 g/mol. The molecule has 3 aromatic carbocycles. The molecule has 0 saturated carbocycles. The van der Waals surface area contributed by atoms with Crippen LogP contribution in [0.25, 0.3) is 5.76 Å². The van der Waals surface area contributed by atoms with Crippen LogP contribution in [0.15, 0.2) is 78.4 Å². The van der Waals surface area contributed by atoms with Crippen molar-refractivity contribution in [3.05, 3.63) is 95.1 Å². The van der Waals surface area contributed by atoms with Gasteiger partial charge in [-0.15, -0.1) is 0 Å². The number of carbonyl (C=O) groups excluding carboxylic acids is 2. The lowest BCUT2D eigenvalue weighted by atomic mass is 9.95. The van der Waals surface area contributed by atoms with Crippen molar-refractivity contribution in [3.63, 3.8) is 0 Å². The Morgan fingerprint density at radius 1 is 0.895 bits per heavy atom. The first kappa shape index (κ1) is 26.8. The van der Waals surface area contributed by atoms with Gasteiger partial charge in [0.2, 0.25) is 0 Å². The van der Waals surface area contributed by atoms with Crippen LogP contribution in [0, 0.1) is 0 Å².